The lowest BCUT2D eigenvalue weighted by Gasteiger charge is -2.37. The number of hydrogen-bond donors (Lipinski definition) is 1. The number of aromatic carboxylic acids is 1. The molecular weight excluding hydrogens is 572 g/mol. The molecule has 1 fully saturated rings. The smallest absolute Gasteiger partial charge is 0.338 e. The van der Waals surface area contributed by atoms with Crippen LogP contribution in [-0.2, 0) is 9.53 Å². The van der Waals surface area contributed by atoms with Crippen LogP contribution in [0, 0.1) is 17.6 Å². The summed E-state index contributed by atoms with van der Waals surface area (Å²) in [6.07, 6.45) is 4.30. The predicted molar refractivity (Wildman–Crippen MR) is 141 cm³/mol. The van der Waals surface area contributed by atoms with E-state index in [4.69, 9.17) is 16.3 Å². The molecule has 0 bridgehead atoms. The van der Waals surface area contributed by atoms with Crippen LogP contribution in [0.15, 0.2) is 46.2 Å². The quantitative estimate of drug-likeness (QED) is 0.326. The highest BCUT2D eigenvalue weighted by atomic mass is 35.5. The van der Waals surface area contributed by atoms with Gasteiger partial charge in [0.2, 0.25) is 0 Å². The molecule has 0 saturated carbocycles. The van der Waals surface area contributed by atoms with Gasteiger partial charge in [0.05, 0.1) is 23.4 Å². The number of halogens is 3. The number of nitrogens with one attached hydrogen (secondary N) is 1. The van der Waals surface area contributed by atoms with Crippen LogP contribution < -0.4 is 15.3 Å². The van der Waals surface area contributed by atoms with E-state index in [-0.39, 0.29) is 28.7 Å². The van der Waals surface area contributed by atoms with E-state index in [1.54, 1.807) is 18.5 Å². The lowest BCUT2D eigenvalue weighted by Crippen LogP contribution is -2.41. The Balaban J connectivity index is 1.54. The Kier molecular flexibility index (Phi) is 7.91. The Morgan fingerprint density at radius 2 is 2.03 bits per heavy atom. The minimum absolute atomic E-state index is 0.0936. The number of anilines is 1. The van der Waals surface area contributed by atoms with Crippen molar-refractivity contribution in [2.75, 3.05) is 24.6 Å². The molecule has 1 saturated heterocycles. The van der Waals surface area contributed by atoms with Crippen molar-refractivity contribution in [1.29, 1.82) is 0 Å². The molecule has 9 nitrogen and oxygen atoms in total. The highest BCUT2D eigenvalue weighted by Gasteiger charge is 2.38. The van der Waals surface area contributed by atoms with E-state index < -0.39 is 34.6 Å². The van der Waals surface area contributed by atoms with Crippen molar-refractivity contribution in [3.05, 3.63) is 73.4 Å². The Labute approximate surface area is 234 Å². The van der Waals surface area contributed by atoms with E-state index in [9.17, 15) is 23.5 Å². The van der Waals surface area contributed by atoms with Crippen molar-refractivity contribution in [3.8, 4) is 0 Å². The molecule has 0 radical (unpaired) electrons. The second kappa shape index (κ2) is 11.4. The number of aliphatic imine (C=N–C) groups is 1. The van der Waals surface area contributed by atoms with E-state index >= 15 is 0 Å². The first kappa shape index (κ1) is 27.2. The molecule has 39 heavy (non-hydrogen) atoms. The number of amidine groups is 1. The maximum absolute atomic E-state index is 14.5. The Bertz CT molecular complexity index is 1470. The number of ether oxygens (including phenoxy) is 1. The number of esters is 1. The van der Waals surface area contributed by atoms with Crippen LogP contribution in [-0.4, -0.2) is 47.4 Å². The Morgan fingerprint density at radius 1 is 1.26 bits per heavy atom. The van der Waals surface area contributed by atoms with Gasteiger partial charge >= 0.3 is 5.97 Å². The fourth-order valence-corrected chi connectivity index (χ4v) is 6.29. The number of allylic oxidation sites excluding steroid dienone is 1. The zero-order valence-corrected chi connectivity index (χ0v) is 22.8. The molecule has 2 aliphatic heterocycles. The molecule has 3 aromatic rings. The molecule has 2 aliphatic rings. The lowest BCUT2D eigenvalue weighted by molar-refractivity contribution is -0.255. The van der Waals surface area contributed by atoms with Gasteiger partial charge < -0.3 is 24.9 Å². The van der Waals surface area contributed by atoms with E-state index in [2.05, 4.69) is 20.3 Å². The summed E-state index contributed by atoms with van der Waals surface area (Å²) in [4.78, 5) is 39.4. The maximum atomic E-state index is 14.5. The molecule has 4 heterocycles. The molecule has 1 atom stereocenters. The molecule has 1 unspecified atom stereocenters. The van der Waals surface area contributed by atoms with Gasteiger partial charge in [-0.1, -0.05) is 29.0 Å². The largest absolute Gasteiger partial charge is 0.542 e. The van der Waals surface area contributed by atoms with Crippen molar-refractivity contribution in [1.82, 2.24) is 15.3 Å². The standard InChI is InChI=1S/C25H22ClF2N5O4S2/c1-2-37-25(36)16-19(12-5-8-33(9-6-12)15-11-30-23(39-15)24(34)35)31-21(22-29-7-10-38-22)32-20(16)13-3-4-14(27)18(28)17(13)26/h3-4,7,10-12,20H,2,5-6,8-9H2,1H3,(H,31,32)(H,34,35)/p-1. The van der Waals surface area contributed by atoms with Gasteiger partial charge in [-0.3, -0.25) is 4.99 Å². The van der Waals surface area contributed by atoms with Gasteiger partial charge in [-0.15, -0.1) is 11.3 Å². The van der Waals surface area contributed by atoms with E-state index in [1.165, 1.54) is 23.6 Å². The summed E-state index contributed by atoms with van der Waals surface area (Å²) in [5, 5.41) is 16.9. The third-order valence-corrected chi connectivity index (χ3v) is 8.65. The summed E-state index contributed by atoms with van der Waals surface area (Å²) in [5.74, 6) is -4.09. The first-order valence-electron chi connectivity index (χ1n) is 12.0. The van der Waals surface area contributed by atoms with E-state index in [0.717, 1.165) is 17.4 Å². The summed E-state index contributed by atoms with van der Waals surface area (Å²) < 4.78 is 33.8. The first-order chi connectivity index (χ1) is 18.8. The number of carboxylic acids is 1. The molecule has 14 heteroatoms. The third-order valence-electron chi connectivity index (χ3n) is 6.45. The van der Waals surface area contributed by atoms with Crippen LogP contribution in [0.25, 0.3) is 0 Å². The number of piperidine rings is 1. The number of hydrogen-bond acceptors (Lipinski definition) is 11. The first-order valence-corrected chi connectivity index (χ1v) is 14.1. The summed E-state index contributed by atoms with van der Waals surface area (Å²) in [6.45, 7) is 2.88. The molecule has 2 aromatic heterocycles. The van der Waals surface area contributed by atoms with Gasteiger partial charge in [-0.2, -0.15) is 0 Å². The predicted octanol–water partition coefficient (Wildman–Crippen LogP) is 3.72. The van der Waals surface area contributed by atoms with Crippen molar-refractivity contribution < 1.29 is 28.2 Å². The molecule has 204 valence electrons. The average Bonchev–Trinajstić information content (AvgIpc) is 3.65. The molecule has 0 amide bonds. The highest BCUT2D eigenvalue weighted by molar-refractivity contribution is 7.17. The van der Waals surface area contributed by atoms with Crippen LogP contribution >= 0.6 is 34.3 Å². The monoisotopic (exact) mass is 592 g/mol. The molecule has 0 spiro atoms. The summed E-state index contributed by atoms with van der Waals surface area (Å²) in [6, 6.07) is 1.21. The van der Waals surface area contributed by atoms with E-state index in [1.807, 2.05) is 4.90 Å². The van der Waals surface area contributed by atoms with Crippen molar-refractivity contribution in [2.24, 2.45) is 10.9 Å². The van der Waals surface area contributed by atoms with Gasteiger partial charge in [-0.05, 0) is 25.8 Å². The third kappa shape index (κ3) is 5.38. The highest BCUT2D eigenvalue weighted by Crippen LogP contribution is 2.41. The van der Waals surface area contributed by atoms with Gasteiger partial charge in [0.1, 0.15) is 22.0 Å². The van der Waals surface area contributed by atoms with Crippen LogP contribution in [0.3, 0.4) is 0 Å². The topological polar surface area (TPSA) is 120 Å². The number of rotatable bonds is 7. The minimum atomic E-state index is -1.33. The zero-order valence-electron chi connectivity index (χ0n) is 20.4. The van der Waals surface area contributed by atoms with Crippen LogP contribution in [0.2, 0.25) is 5.02 Å². The van der Waals surface area contributed by atoms with Crippen molar-refractivity contribution in [2.45, 2.75) is 25.8 Å². The number of thiazole rings is 2. The number of benzene rings is 1. The summed E-state index contributed by atoms with van der Waals surface area (Å²) in [5.41, 5.74) is 0.850. The molecule has 0 aliphatic carbocycles. The average molecular weight is 593 g/mol. The molecule has 1 N–H and O–H groups in total. The zero-order chi connectivity index (χ0) is 27.7. The van der Waals surface area contributed by atoms with Crippen LogP contribution in [0.5, 0.6) is 0 Å². The number of nitrogens with zero attached hydrogens (tertiary/aromatic N) is 4. The van der Waals surface area contributed by atoms with Crippen molar-refractivity contribution in [3.63, 3.8) is 0 Å². The number of carboxylic acid groups (broad SMARTS) is 1. The van der Waals surface area contributed by atoms with E-state index in [0.29, 0.717) is 47.5 Å². The van der Waals surface area contributed by atoms with Gasteiger partial charge in [0, 0.05) is 41.8 Å². The Morgan fingerprint density at radius 3 is 2.67 bits per heavy atom. The minimum Gasteiger partial charge on any atom is -0.542 e. The SMILES string of the molecule is CCOC(=O)C1=C(C2CCN(c3cnc(C(=O)[O-])s3)CC2)NC(c2nccs2)=NC1c1ccc(F)c(F)c1Cl. The molecular formula is C25H21ClF2N5O4S2-. The number of carbonyl (C=O) groups is 2. The normalized spacial score (nSPS) is 18.1. The van der Waals surface area contributed by atoms with Gasteiger partial charge in [0.25, 0.3) is 0 Å². The molecule has 1 aromatic carbocycles. The molecule has 5 rings (SSSR count). The summed E-state index contributed by atoms with van der Waals surface area (Å²) >= 11 is 8.62. The van der Waals surface area contributed by atoms with Crippen molar-refractivity contribution >= 4 is 57.0 Å². The fourth-order valence-electron chi connectivity index (χ4n) is 4.64. The Hall–Kier alpha value is -3.42. The van der Waals surface area contributed by atoms with Crippen LogP contribution in [0.1, 0.15) is 46.2 Å². The number of aromatic nitrogens is 2. The lowest BCUT2D eigenvalue weighted by atomic mass is 9.85. The number of carbonyl (C=O) groups excluding carboxylic acids is 2. The maximum Gasteiger partial charge on any atom is 0.338 e. The van der Waals surface area contributed by atoms with Gasteiger partial charge in [-0.25, -0.2) is 23.5 Å². The van der Waals surface area contributed by atoms with Gasteiger partial charge in [0.15, 0.2) is 22.5 Å². The summed E-state index contributed by atoms with van der Waals surface area (Å²) in [7, 11) is 0. The fraction of sp³-hybridized carbons (Fsp3) is 0.320. The second-order valence-corrected chi connectivity index (χ2v) is 11.0. The van der Waals surface area contributed by atoms with Crippen LogP contribution in [0.4, 0.5) is 13.8 Å². The second-order valence-electron chi connectivity index (χ2n) is 8.71.